The fraction of sp³-hybridized carbons (Fsp3) is 0.500. The monoisotopic (exact) mass is 520 g/mol. The first-order valence-electron chi connectivity index (χ1n) is 11.7. The summed E-state index contributed by atoms with van der Waals surface area (Å²) in [5.41, 5.74) is 1.66. The lowest BCUT2D eigenvalue weighted by Crippen LogP contribution is -2.44. The van der Waals surface area contributed by atoms with Crippen molar-refractivity contribution in [2.75, 3.05) is 18.1 Å². The molecule has 0 aliphatic carbocycles. The summed E-state index contributed by atoms with van der Waals surface area (Å²) in [7, 11) is 0. The predicted molar refractivity (Wildman–Crippen MR) is 138 cm³/mol. The van der Waals surface area contributed by atoms with Crippen molar-refractivity contribution >= 4 is 40.5 Å². The Balaban J connectivity index is 1.91. The number of aromatic nitrogens is 1. The number of halogens is 1. The van der Waals surface area contributed by atoms with Gasteiger partial charge in [-0.2, -0.15) is 0 Å². The summed E-state index contributed by atoms with van der Waals surface area (Å²) in [5.74, 6) is -0.985. The normalized spacial score (nSPS) is 19.0. The SMILES string of the molecule is C/C=C\CC1O[C@H](CCc2nc(CC(=O)O)cs2)CC(=O)N(CC(C)(C)CO)c2ccc(Cl)cc21. The molecule has 1 aromatic carbocycles. The number of anilines is 1. The maximum Gasteiger partial charge on any atom is 0.309 e. The third-order valence-corrected chi connectivity index (χ3v) is 7.09. The van der Waals surface area contributed by atoms with E-state index in [1.54, 1.807) is 16.3 Å². The van der Waals surface area contributed by atoms with Crippen molar-refractivity contribution in [1.82, 2.24) is 4.98 Å². The quantitative estimate of drug-likeness (QED) is 0.417. The van der Waals surface area contributed by atoms with Gasteiger partial charge in [-0.3, -0.25) is 9.59 Å². The van der Waals surface area contributed by atoms with Crippen LogP contribution in [0.3, 0.4) is 0 Å². The highest BCUT2D eigenvalue weighted by Crippen LogP contribution is 2.39. The van der Waals surface area contributed by atoms with Crippen LogP contribution in [0.5, 0.6) is 0 Å². The van der Waals surface area contributed by atoms with Crippen molar-refractivity contribution in [2.45, 2.75) is 65.1 Å². The molecule has 7 nitrogen and oxygen atoms in total. The zero-order valence-electron chi connectivity index (χ0n) is 20.4. The summed E-state index contributed by atoms with van der Waals surface area (Å²) < 4.78 is 6.52. The molecule has 0 saturated heterocycles. The molecule has 2 heterocycles. The Bertz CT molecular complexity index is 1070. The molecular formula is C26H33ClN2O5S. The Morgan fingerprint density at radius 2 is 2.17 bits per heavy atom. The number of aliphatic hydroxyl groups excluding tert-OH is 1. The molecule has 0 fully saturated rings. The summed E-state index contributed by atoms with van der Waals surface area (Å²) in [6.45, 7) is 6.12. The molecule has 35 heavy (non-hydrogen) atoms. The van der Waals surface area contributed by atoms with Crippen LogP contribution in [0.1, 0.15) is 62.4 Å². The summed E-state index contributed by atoms with van der Waals surface area (Å²) in [5, 5.41) is 22.0. The maximum atomic E-state index is 13.5. The van der Waals surface area contributed by atoms with Crippen LogP contribution in [-0.4, -0.2) is 46.3 Å². The van der Waals surface area contributed by atoms with E-state index >= 15 is 0 Å². The second kappa shape index (κ2) is 12.1. The number of aliphatic carboxylic acids is 1. The van der Waals surface area contributed by atoms with Crippen LogP contribution in [0.4, 0.5) is 5.69 Å². The van der Waals surface area contributed by atoms with Gasteiger partial charge in [0, 0.05) is 46.6 Å². The molecule has 0 radical (unpaired) electrons. The fourth-order valence-electron chi connectivity index (χ4n) is 4.07. The molecular weight excluding hydrogens is 488 g/mol. The van der Waals surface area contributed by atoms with Crippen LogP contribution < -0.4 is 4.90 Å². The lowest BCUT2D eigenvalue weighted by atomic mass is 9.92. The highest BCUT2D eigenvalue weighted by atomic mass is 35.5. The number of aliphatic hydroxyl groups is 1. The largest absolute Gasteiger partial charge is 0.481 e. The minimum atomic E-state index is -0.911. The van der Waals surface area contributed by atoms with Crippen LogP contribution >= 0.6 is 22.9 Å². The number of hydrogen-bond acceptors (Lipinski definition) is 6. The number of allylic oxidation sites excluding steroid dienone is 1. The molecule has 2 atom stereocenters. The number of carboxylic acids is 1. The number of ether oxygens (including phenoxy) is 1. The highest BCUT2D eigenvalue weighted by Gasteiger charge is 2.34. The first kappa shape index (κ1) is 27.3. The predicted octanol–water partition coefficient (Wildman–Crippen LogP) is 5.20. The molecule has 1 unspecified atom stereocenters. The average molecular weight is 521 g/mol. The second-order valence-corrected chi connectivity index (χ2v) is 11.0. The van der Waals surface area contributed by atoms with Gasteiger partial charge in [0.15, 0.2) is 0 Å². The molecule has 9 heteroatoms. The third kappa shape index (κ3) is 7.61. The van der Waals surface area contributed by atoms with Gasteiger partial charge in [-0.1, -0.05) is 37.6 Å². The van der Waals surface area contributed by atoms with Gasteiger partial charge in [-0.25, -0.2) is 4.98 Å². The molecule has 0 saturated carbocycles. The van der Waals surface area contributed by atoms with E-state index in [0.29, 0.717) is 36.5 Å². The summed E-state index contributed by atoms with van der Waals surface area (Å²) in [6, 6.07) is 5.49. The number of hydrogen-bond donors (Lipinski definition) is 2. The first-order chi connectivity index (χ1) is 16.6. The average Bonchev–Trinajstić information content (AvgIpc) is 3.24. The molecule has 1 amide bonds. The van der Waals surface area contributed by atoms with Crippen molar-refractivity contribution in [2.24, 2.45) is 5.41 Å². The smallest absolute Gasteiger partial charge is 0.309 e. The number of aryl methyl sites for hydroxylation is 1. The minimum Gasteiger partial charge on any atom is -0.481 e. The number of carboxylic acid groups (broad SMARTS) is 1. The Kier molecular flexibility index (Phi) is 9.47. The molecule has 2 aromatic rings. The fourth-order valence-corrected chi connectivity index (χ4v) is 5.06. The van der Waals surface area contributed by atoms with E-state index in [4.69, 9.17) is 21.4 Å². The van der Waals surface area contributed by atoms with Gasteiger partial charge >= 0.3 is 5.97 Å². The summed E-state index contributed by atoms with van der Waals surface area (Å²) in [4.78, 5) is 30.7. The molecule has 3 rings (SSSR count). The van der Waals surface area contributed by atoms with Gasteiger partial charge < -0.3 is 19.8 Å². The van der Waals surface area contributed by atoms with E-state index in [1.165, 1.54) is 11.3 Å². The van der Waals surface area contributed by atoms with Crippen LogP contribution in [0.2, 0.25) is 5.02 Å². The minimum absolute atomic E-state index is 0.0512. The van der Waals surface area contributed by atoms with Crippen LogP contribution in [0.15, 0.2) is 35.7 Å². The number of nitrogens with zero attached hydrogens (tertiary/aromatic N) is 2. The summed E-state index contributed by atoms with van der Waals surface area (Å²) >= 11 is 7.79. The van der Waals surface area contributed by atoms with Gasteiger partial charge in [0.1, 0.15) is 0 Å². The van der Waals surface area contributed by atoms with Gasteiger partial charge in [0.25, 0.3) is 0 Å². The third-order valence-electron chi connectivity index (χ3n) is 5.90. The number of carbonyl (C=O) groups is 2. The van der Waals surface area contributed by atoms with E-state index < -0.39 is 11.4 Å². The lowest BCUT2D eigenvalue weighted by Gasteiger charge is -2.37. The standard InChI is InChI=1S/C26H33ClN2O5S/c1-4-5-6-22-20-11-17(27)7-9-21(20)29(15-26(2,3)16-30)24(31)13-19(34-22)8-10-23-28-18(14-35-23)12-25(32)33/h4-5,7,9,11,14,19,22,30H,6,8,10,12-13,15-16H2,1-3H3,(H,32,33)/b5-4-/t19-,22?/m1/s1. The van der Waals surface area contributed by atoms with Crippen molar-refractivity contribution < 1.29 is 24.5 Å². The van der Waals surface area contributed by atoms with Crippen molar-refractivity contribution in [3.8, 4) is 0 Å². The van der Waals surface area contributed by atoms with E-state index in [-0.39, 0.29) is 37.6 Å². The van der Waals surface area contributed by atoms with E-state index in [9.17, 15) is 14.7 Å². The molecule has 1 aliphatic rings. The van der Waals surface area contributed by atoms with E-state index in [0.717, 1.165) is 16.3 Å². The molecule has 2 N–H and O–H groups in total. The van der Waals surface area contributed by atoms with Crippen molar-refractivity contribution in [3.05, 3.63) is 57.0 Å². The topological polar surface area (TPSA) is 100.0 Å². The Morgan fingerprint density at radius 1 is 1.40 bits per heavy atom. The number of carbonyl (C=O) groups excluding carboxylic acids is 1. The lowest BCUT2D eigenvalue weighted by molar-refractivity contribution is -0.136. The van der Waals surface area contributed by atoms with Gasteiger partial charge in [-0.05, 0) is 38.0 Å². The van der Waals surface area contributed by atoms with Crippen molar-refractivity contribution in [1.29, 1.82) is 0 Å². The van der Waals surface area contributed by atoms with Gasteiger partial charge in [0.2, 0.25) is 5.91 Å². The molecule has 0 spiro atoms. The van der Waals surface area contributed by atoms with Crippen LogP contribution in [-0.2, 0) is 27.2 Å². The number of rotatable bonds is 10. The maximum absolute atomic E-state index is 13.5. The molecule has 190 valence electrons. The van der Waals surface area contributed by atoms with Crippen LogP contribution in [0, 0.1) is 5.41 Å². The van der Waals surface area contributed by atoms with Crippen molar-refractivity contribution in [3.63, 3.8) is 0 Å². The Labute approximate surface area is 215 Å². The number of benzene rings is 1. The van der Waals surface area contributed by atoms with Gasteiger partial charge in [0.05, 0.1) is 35.8 Å². The highest BCUT2D eigenvalue weighted by molar-refractivity contribution is 7.09. The molecule has 0 bridgehead atoms. The Hall–Kier alpha value is -2.26. The zero-order chi connectivity index (χ0) is 25.6. The number of fused-ring (bicyclic) bond motifs is 1. The molecule has 1 aromatic heterocycles. The van der Waals surface area contributed by atoms with E-state index in [1.807, 2.05) is 45.1 Å². The number of thiazole rings is 1. The number of amides is 1. The second-order valence-electron chi connectivity index (χ2n) is 9.60. The first-order valence-corrected chi connectivity index (χ1v) is 13.0. The summed E-state index contributed by atoms with van der Waals surface area (Å²) in [6.07, 6.45) is 5.25. The van der Waals surface area contributed by atoms with Crippen LogP contribution in [0.25, 0.3) is 0 Å². The van der Waals surface area contributed by atoms with E-state index in [2.05, 4.69) is 4.98 Å². The Morgan fingerprint density at radius 3 is 2.86 bits per heavy atom. The molecule has 1 aliphatic heterocycles. The zero-order valence-corrected chi connectivity index (χ0v) is 21.9. The van der Waals surface area contributed by atoms with Gasteiger partial charge in [-0.15, -0.1) is 11.3 Å².